The summed E-state index contributed by atoms with van der Waals surface area (Å²) in [6, 6.07) is 0. The van der Waals surface area contributed by atoms with Crippen LogP contribution in [0.25, 0.3) is 0 Å². The predicted octanol–water partition coefficient (Wildman–Crippen LogP) is 7.03. The van der Waals surface area contributed by atoms with Crippen LogP contribution in [0.15, 0.2) is 58.2 Å². The number of halogens is 3. The molecular weight excluding hydrogens is 409 g/mol. The molecule has 170 valence electrons. The second kappa shape index (κ2) is 12.7. The van der Waals surface area contributed by atoms with E-state index in [-0.39, 0.29) is 12.5 Å². The van der Waals surface area contributed by atoms with E-state index in [1.165, 1.54) is 11.8 Å². The van der Waals surface area contributed by atoms with Crippen molar-refractivity contribution in [1.29, 1.82) is 0 Å². The molecule has 3 nitrogen and oxygen atoms in total. The highest BCUT2D eigenvalue weighted by Crippen LogP contribution is 2.35. The van der Waals surface area contributed by atoms with Crippen molar-refractivity contribution in [2.45, 2.75) is 60.6 Å². The minimum atomic E-state index is -4.27. The van der Waals surface area contributed by atoms with Crippen LogP contribution in [0.5, 0.6) is 0 Å². The molecule has 7 heteroatoms. The first-order valence-corrected chi connectivity index (χ1v) is 10.7. The maximum Gasteiger partial charge on any atom is 0.390 e. The summed E-state index contributed by atoms with van der Waals surface area (Å²) < 4.78 is 38.6. The molecule has 0 aliphatic rings. The van der Waals surface area contributed by atoms with Crippen LogP contribution in [0, 0.1) is 0 Å². The molecule has 0 atom stereocenters. The average Bonchev–Trinajstić information content (AvgIpc) is 2.57. The van der Waals surface area contributed by atoms with Crippen LogP contribution in [-0.4, -0.2) is 41.5 Å². The Labute approximate surface area is 184 Å². The molecule has 0 bridgehead atoms. The first-order chi connectivity index (χ1) is 13.7. The van der Waals surface area contributed by atoms with Gasteiger partial charge in [0.15, 0.2) is 0 Å². The number of amides is 1. The molecular formula is C23H35F3N2OS. The second-order valence-electron chi connectivity index (χ2n) is 7.61. The number of hydrogen-bond donors (Lipinski definition) is 0. The van der Waals surface area contributed by atoms with Gasteiger partial charge in [0.25, 0.3) is 0 Å². The quantitative estimate of drug-likeness (QED) is 0.238. The topological polar surface area (TPSA) is 23.6 Å². The lowest BCUT2D eigenvalue weighted by Crippen LogP contribution is -2.34. The van der Waals surface area contributed by atoms with E-state index in [0.717, 1.165) is 16.9 Å². The van der Waals surface area contributed by atoms with E-state index >= 15 is 0 Å². The van der Waals surface area contributed by atoms with Crippen molar-refractivity contribution < 1.29 is 18.0 Å². The minimum Gasteiger partial charge on any atom is -0.340 e. The summed E-state index contributed by atoms with van der Waals surface area (Å²) in [6.45, 7) is 23.2. The van der Waals surface area contributed by atoms with Gasteiger partial charge in [-0.3, -0.25) is 4.79 Å². The predicted molar refractivity (Wildman–Crippen MR) is 123 cm³/mol. The lowest BCUT2D eigenvalue weighted by atomic mass is 10.2. The highest BCUT2D eigenvalue weighted by Gasteiger charge is 2.29. The van der Waals surface area contributed by atoms with Crippen molar-refractivity contribution in [3.63, 3.8) is 0 Å². The average molecular weight is 445 g/mol. The number of nitrogens with zero attached hydrogens (tertiary/aromatic N) is 2. The van der Waals surface area contributed by atoms with Gasteiger partial charge in [-0.1, -0.05) is 49.6 Å². The van der Waals surface area contributed by atoms with E-state index in [0.29, 0.717) is 35.0 Å². The zero-order valence-corrected chi connectivity index (χ0v) is 19.9. The highest BCUT2D eigenvalue weighted by molar-refractivity contribution is 8.06. The molecule has 0 rings (SSSR count). The number of alkyl halides is 3. The molecule has 0 aromatic carbocycles. The van der Waals surface area contributed by atoms with Crippen LogP contribution < -0.4 is 0 Å². The van der Waals surface area contributed by atoms with Crippen LogP contribution in [0.1, 0.15) is 54.4 Å². The Morgan fingerprint density at radius 1 is 1.03 bits per heavy atom. The number of carbonyl (C=O) groups excluding carboxylic acids is 1. The summed E-state index contributed by atoms with van der Waals surface area (Å²) in [5, 5.41) is 0.606. The van der Waals surface area contributed by atoms with Crippen LogP contribution in [0.4, 0.5) is 13.2 Å². The lowest BCUT2D eigenvalue weighted by Gasteiger charge is -2.30. The second-order valence-corrected chi connectivity index (χ2v) is 8.73. The van der Waals surface area contributed by atoms with Crippen molar-refractivity contribution in [1.82, 2.24) is 9.80 Å². The minimum absolute atomic E-state index is 0.129. The van der Waals surface area contributed by atoms with E-state index in [1.807, 2.05) is 20.8 Å². The summed E-state index contributed by atoms with van der Waals surface area (Å²) in [7, 11) is 0. The van der Waals surface area contributed by atoms with Gasteiger partial charge in [-0.2, -0.15) is 13.2 Å². The molecule has 0 spiro atoms. The standard InChI is InChI=1S/C23H35F3N2OS/c1-10-12-27(22(29)18(6)7)15-20(17(4)5)30-21(14-16(2)3)28(19(8)9)13-11-23(24,25)26/h14H,2,6,8,10-13,15H2,1,3-5,7,9H3/b21-14+. The van der Waals surface area contributed by atoms with Crippen molar-refractivity contribution in [2.75, 3.05) is 19.6 Å². The molecule has 0 aliphatic heterocycles. The summed E-state index contributed by atoms with van der Waals surface area (Å²) >= 11 is 1.35. The fourth-order valence-corrected chi connectivity index (χ4v) is 3.78. The molecule has 30 heavy (non-hydrogen) atoms. The third-order valence-electron chi connectivity index (χ3n) is 3.98. The van der Waals surface area contributed by atoms with Crippen molar-refractivity contribution >= 4 is 17.7 Å². The molecule has 0 heterocycles. The van der Waals surface area contributed by atoms with Gasteiger partial charge in [0.2, 0.25) is 5.91 Å². The summed E-state index contributed by atoms with van der Waals surface area (Å²) in [4.78, 5) is 16.7. The van der Waals surface area contributed by atoms with E-state index in [2.05, 4.69) is 19.7 Å². The van der Waals surface area contributed by atoms with Crippen LogP contribution in [0.3, 0.4) is 0 Å². The van der Waals surface area contributed by atoms with Gasteiger partial charge in [0, 0.05) is 29.3 Å². The van der Waals surface area contributed by atoms with Crippen LogP contribution in [0.2, 0.25) is 0 Å². The molecule has 0 N–H and O–H groups in total. The Bertz CT molecular complexity index is 716. The fourth-order valence-electron chi connectivity index (χ4n) is 2.49. The Balaban J connectivity index is 5.94. The molecule has 0 aromatic rings. The van der Waals surface area contributed by atoms with Gasteiger partial charge >= 0.3 is 6.18 Å². The van der Waals surface area contributed by atoms with Crippen molar-refractivity contribution in [3.05, 3.63) is 58.2 Å². The van der Waals surface area contributed by atoms with Gasteiger partial charge in [-0.05, 0) is 47.1 Å². The fraction of sp³-hybridized carbons (Fsp3) is 0.522. The smallest absolute Gasteiger partial charge is 0.340 e. The number of allylic oxidation sites excluding steroid dienone is 4. The van der Waals surface area contributed by atoms with Crippen molar-refractivity contribution in [3.8, 4) is 0 Å². The van der Waals surface area contributed by atoms with Gasteiger partial charge in [0.1, 0.15) is 0 Å². The van der Waals surface area contributed by atoms with Gasteiger partial charge in [-0.15, -0.1) is 0 Å². The van der Waals surface area contributed by atoms with E-state index in [9.17, 15) is 18.0 Å². The normalized spacial score (nSPS) is 11.7. The van der Waals surface area contributed by atoms with Gasteiger partial charge in [0.05, 0.1) is 18.0 Å². The third-order valence-corrected chi connectivity index (χ3v) is 5.31. The first-order valence-electron chi connectivity index (χ1n) is 9.85. The molecule has 1 amide bonds. The molecule has 0 saturated heterocycles. The number of rotatable bonds is 12. The third kappa shape index (κ3) is 10.8. The van der Waals surface area contributed by atoms with Gasteiger partial charge in [-0.25, -0.2) is 0 Å². The van der Waals surface area contributed by atoms with E-state index in [1.54, 1.807) is 36.6 Å². The van der Waals surface area contributed by atoms with E-state index < -0.39 is 12.6 Å². The number of hydrogen-bond acceptors (Lipinski definition) is 3. The number of thioether (sulfide) groups is 1. The zero-order chi connectivity index (χ0) is 23.6. The Hall–Kier alpha value is -1.89. The summed E-state index contributed by atoms with van der Waals surface area (Å²) in [6.07, 6.45) is -2.67. The maximum atomic E-state index is 12.9. The number of carbonyl (C=O) groups is 1. The Kier molecular flexibility index (Phi) is 11.9. The monoisotopic (exact) mass is 444 g/mol. The van der Waals surface area contributed by atoms with Gasteiger partial charge < -0.3 is 9.80 Å². The zero-order valence-electron chi connectivity index (χ0n) is 19.1. The highest BCUT2D eigenvalue weighted by atomic mass is 32.2. The summed E-state index contributed by atoms with van der Waals surface area (Å²) in [5.74, 6) is -0.129. The SMILES string of the molecule is C=C(C)/C=C(/SC(CN(CCC)C(=O)C(=C)C)=C(C)C)N(CCC(F)(F)F)C(=C)C. The Morgan fingerprint density at radius 3 is 1.97 bits per heavy atom. The molecule has 0 radical (unpaired) electrons. The molecule has 0 saturated carbocycles. The van der Waals surface area contributed by atoms with Crippen molar-refractivity contribution in [2.24, 2.45) is 0 Å². The van der Waals surface area contributed by atoms with E-state index in [4.69, 9.17) is 0 Å². The largest absolute Gasteiger partial charge is 0.390 e. The Morgan fingerprint density at radius 2 is 1.60 bits per heavy atom. The van der Waals surface area contributed by atoms with Crippen LogP contribution in [-0.2, 0) is 4.79 Å². The molecule has 0 fully saturated rings. The molecule has 0 unspecified atom stereocenters. The molecule has 0 aliphatic carbocycles. The van der Waals surface area contributed by atoms with Crippen LogP contribution >= 0.6 is 11.8 Å². The lowest BCUT2D eigenvalue weighted by molar-refractivity contribution is -0.136. The first kappa shape index (κ1) is 28.1. The maximum absolute atomic E-state index is 12.9. The summed E-state index contributed by atoms with van der Waals surface area (Å²) in [5.41, 5.74) is 2.66. The molecule has 0 aromatic heterocycles.